The van der Waals surface area contributed by atoms with E-state index in [1.807, 2.05) is 18.3 Å². The second kappa shape index (κ2) is 8.42. The number of rotatable bonds is 3. The summed E-state index contributed by atoms with van der Waals surface area (Å²) in [6.45, 7) is 11.1. The Hall–Kier alpha value is -2.31. The van der Waals surface area contributed by atoms with E-state index in [1.54, 1.807) is 0 Å². The molecule has 1 saturated carbocycles. The number of hydrogen-bond acceptors (Lipinski definition) is 5. The van der Waals surface area contributed by atoms with Crippen LogP contribution in [-0.2, 0) is 0 Å². The zero-order chi connectivity index (χ0) is 23.4. The number of aromatic nitrogens is 3. The van der Waals surface area contributed by atoms with Crippen LogP contribution in [0.2, 0.25) is 0 Å². The van der Waals surface area contributed by atoms with Gasteiger partial charge in [-0.25, -0.2) is 0 Å². The fourth-order valence-electron chi connectivity index (χ4n) is 6.36. The summed E-state index contributed by atoms with van der Waals surface area (Å²) in [6, 6.07) is 9.40. The molecule has 1 saturated heterocycles. The molecule has 34 heavy (non-hydrogen) atoms. The molecule has 2 aromatic heterocycles. The molecule has 178 valence electrons. The molecule has 3 aliphatic rings. The van der Waals surface area contributed by atoms with Crippen molar-refractivity contribution in [3.63, 3.8) is 0 Å². The summed E-state index contributed by atoms with van der Waals surface area (Å²) in [6.07, 6.45) is 7.65. The molecule has 2 aliphatic heterocycles. The number of nitrogens with one attached hydrogen (secondary N) is 1. The van der Waals surface area contributed by atoms with Gasteiger partial charge in [-0.15, -0.1) is 21.5 Å². The van der Waals surface area contributed by atoms with Crippen LogP contribution in [0.15, 0.2) is 29.3 Å². The maximum absolute atomic E-state index is 5.32. The van der Waals surface area contributed by atoms with E-state index < -0.39 is 0 Å². The fourth-order valence-corrected chi connectivity index (χ4v) is 7.57. The summed E-state index contributed by atoms with van der Waals surface area (Å²) in [7, 11) is 0. The van der Waals surface area contributed by atoms with Gasteiger partial charge >= 0.3 is 0 Å². The summed E-state index contributed by atoms with van der Waals surface area (Å²) in [5.74, 6) is 2.60. The standard InChI is InChI=1S/C28H35N5S/c1-5-23-26-32-31-19(4)33(26)27-24(17(2)18(3)34-27)25(30-23)22-8-6-20(7-9-22)21-10-12-28(13-11-21)14-15-29-16-28/h6-9,21,23,29H,5,10-16H2,1-4H3/t21?,23-,28?/m0/s1. The highest BCUT2D eigenvalue weighted by molar-refractivity contribution is 7.15. The van der Waals surface area contributed by atoms with Crippen molar-refractivity contribution in [2.45, 2.75) is 78.2 Å². The Morgan fingerprint density at radius 3 is 2.50 bits per heavy atom. The van der Waals surface area contributed by atoms with Crippen LogP contribution in [0.4, 0.5) is 0 Å². The van der Waals surface area contributed by atoms with Gasteiger partial charge in [0.15, 0.2) is 5.82 Å². The number of nitrogens with zero attached hydrogens (tertiary/aromatic N) is 4. The molecule has 1 N–H and O–H groups in total. The van der Waals surface area contributed by atoms with Gasteiger partial charge in [0.05, 0.1) is 5.71 Å². The second-order valence-corrected chi connectivity index (χ2v) is 11.8. The molecule has 6 heteroatoms. The molecule has 5 nitrogen and oxygen atoms in total. The van der Waals surface area contributed by atoms with Crippen LogP contribution >= 0.6 is 11.3 Å². The predicted octanol–water partition coefficient (Wildman–Crippen LogP) is 6.19. The van der Waals surface area contributed by atoms with Crippen molar-refractivity contribution in [2.75, 3.05) is 13.1 Å². The molecule has 1 aliphatic carbocycles. The van der Waals surface area contributed by atoms with Crippen molar-refractivity contribution in [3.05, 3.63) is 63.0 Å². The minimum atomic E-state index is 0.0183. The summed E-state index contributed by atoms with van der Waals surface area (Å²) in [4.78, 5) is 6.65. The first-order valence-electron chi connectivity index (χ1n) is 12.9. The molecular formula is C28H35N5S. The molecule has 0 radical (unpaired) electrons. The molecule has 6 rings (SSSR count). The van der Waals surface area contributed by atoms with Crippen LogP contribution in [-0.4, -0.2) is 33.6 Å². The van der Waals surface area contributed by atoms with E-state index in [2.05, 4.69) is 65.1 Å². The third kappa shape index (κ3) is 3.49. The Balaban J connectivity index is 1.35. The van der Waals surface area contributed by atoms with E-state index in [4.69, 9.17) is 4.99 Å². The number of aryl methyl sites for hydroxylation is 2. The maximum atomic E-state index is 5.32. The minimum absolute atomic E-state index is 0.0183. The highest BCUT2D eigenvalue weighted by atomic mass is 32.1. The summed E-state index contributed by atoms with van der Waals surface area (Å²) in [5, 5.41) is 13.8. The largest absolute Gasteiger partial charge is 0.316 e. The van der Waals surface area contributed by atoms with Gasteiger partial charge in [0, 0.05) is 22.5 Å². The Kier molecular flexibility index (Phi) is 5.49. The van der Waals surface area contributed by atoms with Gasteiger partial charge in [0.1, 0.15) is 16.9 Å². The van der Waals surface area contributed by atoms with Crippen molar-refractivity contribution >= 4 is 17.0 Å². The molecule has 3 aromatic rings. The molecule has 0 bridgehead atoms. The van der Waals surface area contributed by atoms with Crippen LogP contribution in [0.1, 0.15) is 96.2 Å². The van der Waals surface area contributed by atoms with E-state index in [9.17, 15) is 0 Å². The van der Waals surface area contributed by atoms with E-state index in [0.29, 0.717) is 11.3 Å². The zero-order valence-electron chi connectivity index (χ0n) is 20.8. The normalized spacial score (nSPS) is 26.3. The molecule has 1 aromatic carbocycles. The third-order valence-corrected chi connectivity index (χ3v) is 9.85. The topological polar surface area (TPSA) is 55.1 Å². The van der Waals surface area contributed by atoms with Gasteiger partial charge in [-0.2, -0.15) is 0 Å². The van der Waals surface area contributed by atoms with Crippen LogP contribution < -0.4 is 5.32 Å². The molecule has 1 atom stereocenters. The van der Waals surface area contributed by atoms with Crippen molar-refractivity contribution < 1.29 is 0 Å². The lowest BCUT2D eigenvalue weighted by Crippen LogP contribution is -2.29. The molecule has 0 amide bonds. The number of fused-ring (bicyclic) bond motifs is 3. The van der Waals surface area contributed by atoms with Crippen LogP contribution in [0, 0.1) is 26.2 Å². The van der Waals surface area contributed by atoms with Crippen molar-refractivity contribution in [2.24, 2.45) is 10.4 Å². The van der Waals surface area contributed by atoms with Gasteiger partial charge in [-0.05, 0) is 88.3 Å². The molecule has 0 unspecified atom stereocenters. The zero-order valence-corrected chi connectivity index (χ0v) is 21.6. The second-order valence-electron chi connectivity index (χ2n) is 10.6. The highest BCUT2D eigenvalue weighted by Gasteiger charge is 2.38. The molecule has 4 heterocycles. The van der Waals surface area contributed by atoms with Crippen molar-refractivity contribution in [1.82, 2.24) is 20.1 Å². The molecule has 2 fully saturated rings. The van der Waals surface area contributed by atoms with Crippen molar-refractivity contribution in [1.29, 1.82) is 0 Å². The van der Waals surface area contributed by atoms with Gasteiger partial charge < -0.3 is 5.32 Å². The first-order chi connectivity index (χ1) is 16.5. The van der Waals surface area contributed by atoms with Gasteiger partial charge in [-0.3, -0.25) is 9.56 Å². The quantitative estimate of drug-likeness (QED) is 0.493. The predicted molar refractivity (Wildman–Crippen MR) is 140 cm³/mol. The van der Waals surface area contributed by atoms with Crippen LogP contribution in [0.3, 0.4) is 0 Å². The lowest BCUT2D eigenvalue weighted by Gasteiger charge is -2.37. The first-order valence-corrected chi connectivity index (χ1v) is 13.7. The van der Waals surface area contributed by atoms with Gasteiger partial charge in [-0.1, -0.05) is 31.2 Å². The molecule has 1 spiro atoms. The van der Waals surface area contributed by atoms with Gasteiger partial charge in [0.2, 0.25) is 0 Å². The van der Waals surface area contributed by atoms with E-state index >= 15 is 0 Å². The van der Waals surface area contributed by atoms with Gasteiger partial charge in [0.25, 0.3) is 0 Å². The lowest BCUT2D eigenvalue weighted by atomic mass is 9.68. The monoisotopic (exact) mass is 473 g/mol. The fraction of sp³-hybridized carbons (Fsp3) is 0.536. The van der Waals surface area contributed by atoms with E-state index in [0.717, 1.165) is 23.8 Å². The Bertz CT molecular complexity index is 1230. The third-order valence-electron chi connectivity index (χ3n) is 8.66. The maximum Gasteiger partial charge on any atom is 0.163 e. The average molecular weight is 474 g/mol. The van der Waals surface area contributed by atoms with Crippen molar-refractivity contribution in [3.8, 4) is 5.00 Å². The summed E-state index contributed by atoms with van der Waals surface area (Å²) in [5.41, 5.74) is 6.98. The number of hydrogen-bond donors (Lipinski definition) is 1. The Morgan fingerprint density at radius 1 is 1.06 bits per heavy atom. The summed E-state index contributed by atoms with van der Waals surface area (Å²) >= 11 is 1.83. The summed E-state index contributed by atoms with van der Waals surface area (Å²) < 4.78 is 2.24. The Morgan fingerprint density at radius 2 is 1.82 bits per heavy atom. The SMILES string of the molecule is CC[C@@H]1N=C(c2ccc(C3CCC4(CCNC4)CC3)cc2)c2c(sc(C)c2C)-n2c(C)nnc21. The number of thiophene rings is 1. The van der Waals surface area contributed by atoms with E-state index in [-0.39, 0.29) is 6.04 Å². The number of benzene rings is 1. The lowest BCUT2D eigenvalue weighted by molar-refractivity contribution is 0.199. The molecular weight excluding hydrogens is 438 g/mol. The van der Waals surface area contributed by atoms with Crippen LogP contribution in [0.25, 0.3) is 5.00 Å². The number of aliphatic imine (C=N–C) groups is 1. The minimum Gasteiger partial charge on any atom is -0.316 e. The van der Waals surface area contributed by atoms with Crippen LogP contribution in [0.5, 0.6) is 0 Å². The highest BCUT2D eigenvalue weighted by Crippen LogP contribution is 2.46. The first kappa shape index (κ1) is 22.2. The average Bonchev–Trinajstić information content (AvgIpc) is 3.52. The van der Waals surface area contributed by atoms with E-state index in [1.165, 1.54) is 77.3 Å². The smallest absolute Gasteiger partial charge is 0.163 e. The Labute approximate surface area is 206 Å².